The summed E-state index contributed by atoms with van der Waals surface area (Å²) < 4.78 is 0. The van der Waals surface area contributed by atoms with E-state index in [-0.39, 0.29) is 76.2 Å². The van der Waals surface area contributed by atoms with Crippen molar-refractivity contribution >= 4 is 27.1 Å². The molecule has 0 amide bonds. The summed E-state index contributed by atoms with van der Waals surface area (Å²) in [7, 11) is 0. The van der Waals surface area contributed by atoms with Crippen LogP contribution in [0.25, 0.3) is 46.5 Å². The van der Waals surface area contributed by atoms with Gasteiger partial charge in [0.05, 0.1) is 36.8 Å². The molecule has 4 rings (SSSR count). The van der Waals surface area contributed by atoms with Gasteiger partial charge in [-0.2, -0.15) is 11.1 Å². The molecule has 0 unspecified atom stereocenters. The molecule has 1 saturated carbocycles. The van der Waals surface area contributed by atoms with Gasteiger partial charge < -0.3 is 0 Å². The van der Waals surface area contributed by atoms with Crippen molar-refractivity contribution in [1.82, 2.24) is 0 Å². The minimum Gasteiger partial charge on any atom is -0.289 e. The summed E-state index contributed by atoms with van der Waals surface area (Å²) in [6, 6.07) is 16.6. The van der Waals surface area contributed by atoms with E-state index in [0.717, 1.165) is 40.3 Å². The van der Waals surface area contributed by atoms with Crippen molar-refractivity contribution < 1.29 is 65.4 Å². The largest absolute Gasteiger partial charge is 0.289 e. The monoisotopic (exact) mass is 768 g/mol. The number of nitrogens with zero attached hydrogens (tertiary/aromatic N) is 4. The molecule has 0 bridgehead atoms. The van der Waals surface area contributed by atoms with Crippen molar-refractivity contribution in [2.24, 2.45) is 10.8 Å². The molecular formula is C41H42N4Y2-4. The van der Waals surface area contributed by atoms with Gasteiger partial charge in [-0.25, -0.2) is 10.9 Å². The van der Waals surface area contributed by atoms with E-state index in [1.807, 2.05) is 24.3 Å². The molecule has 0 spiro atoms. The van der Waals surface area contributed by atoms with Crippen molar-refractivity contribution in [2.45, 2.75) is 87.5 Å². The summed E-state index contributed by atoms with van der Waals surface area (Å²) in [5, 5.41) is 4.66. The van der Waals surface area contributed by atoms with Gasteiger partial charge in [0.15, 0.2) is 0 Å². The SMILES string of the molecule is [C-]#[N+]C(C)=[C-]C([N+]#[C-])=C([C-]1CCCCC1)C(C)(C)C.[C-]#[N+]C(C)=[C-]C([N+]#[C-])=C([c-]1c2ccccc2c2ccccc21)C(C)(C)C.[Y].[Y]. The van der Waals surface area contributed by atoms with Crippen LogP contribution in [0.5, 0.6) is 0 Å². The number of hydrogen-bond acceptors (Lipinski definition) is 0. The zero-order valence-electron chi connectivity index (χ0n) is 29.1. The molecule has 0 N–H and O–H groups in total. The first-order chi connectivity index (χ1) is 21.3. The molecule has 1 aliphatic rings. The van der Waals surface area contributed by atoms with E-state index in [1.54, 1.807) is 13.8 Å². The van der Waals surface area contributed by atoms with E-state index < -0.39 is 0 Å². The Morgan fingerprint density at radius 3 is 1.34 bits per heavy atom. The Kier molecular flexibility index (Phi) is 16.9. The Morgan fingerprint density at radius 1 is 0.596 bits per heavy atom. The second-order valence-corrected chi connectivity index (χ2v) is 13.4. The Balaban J connectivity index is 0.000000473. The molecule has 2 radical (unpaired) electrons. The number of hydrogen-bond donors (Lipinski definition) is 0. The zero-order chi connectivity index (χ0) is 33.4. The molecule has 0 saturated heterocycles. The van der Waals surface area contributed by atoms with E-state index in [1.165, 1.54) is 36.0 Å². The molecule has 0 atom stereocenters. The topological polar surface area (TPSA) is 17.4 Å². The van der Waals surface area contributed by atoms with Crippen LogP contribution in [0.2, 0.25) is 0 Å². The van der Waals surface area contributed by atoms with Crippen LogP contribution in [0.4, 0.5) is 0 Å². The molecule has 0 aromatic heterocycles. The Hall–Kier alpha value is -2.69. The number of benzene rings is 2. The molecule has 3 aromatic rings. The first kappa shape index (κ1) is 42.3. The van der Waals surface area contributed by atoms with Gasteiger partial charge in [-0.3, -0.25) is 32.1 Å². The first-order valence-corrected chi connectivity index (χ1v) is 15.4. The van der Waals surface area contributed by atoms with Gasteiger partial charge in [0.2, 0.25) is 0 Å². The van der Waals surface area contributed by atoms with Crippen molar-refractivity contribution in [3.05, 3.63) is 146 Å². The fraction of sp³-hybridized carbons (Fsp3) is 0.366. The summed E-state index contributed by atoms with van der Waals surface area (Å²) >= 11 is 0. The summed E-state index contributed by atoms with van der Waals surface area (Å²) in [4.78, 5) is 14.2. The van der Waals surface area contributed by atoms with Gasteiger partial charge in [0.1, 0.15) is 6.57 Å². The van der Waals surface area contributed by atoms with E-state index in [2.05, 4.69) is 97.3 Å². The van der Waals surface area contributed by atoms with E-state index in [0.29, 0.717) is 22.8 Å². The Morgan fingerprint density at radius 2 is 0.979 bits per heavy atom. The van der Waals surface area contributed by atoms with Crippen LogP contribution in [0.3, 0.4) is 0 Å². The minimum atomic E-state index is -0.269. The number of rotatable bonds is 4. The standard InChI is InChI=1S/C24H20N2.C17H22N2.2Y/c1-16(25-5)15-21(26-6)23(24(2,3)4)22-19-13-9-7-11-17(19)18-12-8-10-14-20(18)22;1-13(18-5)12-15(19-6)16(17(2,3)4)14-10-8-7-9-11-14;;/h7-14H,1-4H3;7-11H2,1-4H3;;/q2*-2;;. The Labute approximate surface area is 333 Å². The van der Waals surface area contributed by atoms with Gasteiger partial charge in [0.25, 0.3) is 0 Å². The van der Waals surface area contributed by atoms with E-state index >= 15 is 0 Å². The van der Waals surface area contributed by atoms with Crippen LogP contribution in [0.15, 0.2) is 76.9 Å². The molecule has 0 aliphatic heterocycles. The third-order valence-electron chi connectivity index (χ3n) is 7.87. The maximum absolute atomic E-state index is 7.75. The van der Waals surface area contributed by atoms with Gasteiger partial charge in [-0.1, -0.05) is 127 Å². The second-order valence-electron chi connectivity index (χ2n) is 13.4. The predicted octanol–water partition coefficient (Wildman–Crippen LogP) is 12.4. The summed E-state index contributed by atoms with van der Waals surface area (Å²) in [6.07, 6.45) is 11.9. The molecule has 3 aromatic carbocycles. The first-order valence-electron chi connectivity index (χ1n) is 15.4. The maximum Gasteiger partial charge on any atom is 0.106 e. The summed E-state index contributed by atoms with van der Waals surface area (Å²) in [5.74, 6) is 1.40. The van der Waals surface area contributed by atoms with Crippen LogP contribution < -0.4 is 0 Å². The Bertz CT molecular complexity index is 1800. The van der Waals surface area contributed by atoms with Crippen LogP contribution in [-0.2, 0) is 65.4 Å². The molecule has 0 heterocycles. The van der Waals surface area contributed by atoms with Crippen molar-refractivity contribution in [2.75, 3.05) is 0 Å². The smallest absolute Gasteiger partial charge is 0.106 e. The van der Waals surface area contributed by atoms with Crippen LogP contribution in [0.1, 0.15) is 93.1 Å². The van der Waals surface area contributed by atoms with Crippen molar-refractivity contribution in [3.8, 4) is 0 Å². The second kappa shape index (κ2) is 18.7. The van der Waals surface area contributed by atoms with E-state index in [4.69, 9.17) is 26.3 Å². The van der Waals surface area contributed by atoms with Crippen LogP contribution in [0, 0.1) is 55.2 Å². The molecule has 1 fully saturated rings. The van der Waals surface area contributed by atoms with Gasteiger partial charge in [-0.15, -0.1) is 41.2 Å². The number of fused-ring (bicyclic) bond motifs is 3. The van der Waals surface area contributed by atoms with E-state index in [9.17, 15) is 0 Å². The quantitative estimate of drug-likeness (QED) is 0.186. The maximum atomic E-state index is 7.75. The normalized spacial score (nSPS) is 14.9. The van der Waals surface area contributed by atoms with Crippen LogP contribution in [-0.4, -0.2) is 0 Å². The average molecular weight is 769 g/mol. The third-order valence-corrected chi connectivity index (χ3v) is 7.87. The van der Waals surface area contributed by atoms with Crippen molar-refractivity contribution in [1.29, 1.82) is 0 Å². The fourth-order valence-electron chi connectivity index (χ4n) is 6.11. The average Bonchev–Trinajstić information content (AvgIpc) is 3.33. The summed E-state index contributed by atoms with van der Waals surface area (Å²) in [6.45, 7) is 45.6. The summed E-state index contributed by atoms with van der Waals surface area (Å²) in [5.41, 5.74) is 4.63. The number of allylic oxidation sites excluding steroid dienone is 6. The van der Waals surface area contributed by atoms with Crippen LogP contribution >= 0.6 is 0 Å². The molecule has 4 nitrogen and oxygen atoms in total. The van der Waals surface area contributed by atoms with Gasteiger partial charge >= 0.3 is 0 Å². The van der Waals surface area contributed by atoms with Gasteiger partial charge in [-0.05, 0) is 5.70 Å². The van der Waals surface area contributed by atoms with Gasteiger partial charge in [0, 0.05) is 65.4 Å². The minimum absolute atomic E-state index is 0. The predicted molar refractivity (Wildman–Crippen MR) is 187 cm³/mol. The molecule has 6 heteroatoms. The molecule has 47 heavy (non-hydrogen) atoms. The fourth-order valence-corrected chi connectivity index (χ4v) is 6.11. The molecular weight excluding hydrogens is 726 g/mol. The van der Waals surface area contributed by atoms with Crippen molar-refractivity contribution in [3.63, 3.8) is 0 Å². The molecule has 1 aliphatic carbocycles. The third kappa shape index (κ3) is 10.6. The zero-order valence-corrected chi connectivity index (χ0v) is 34.8. The molecule has 236 valence electrons.